The van der Waals surface area contributed by atoms with E-state index in [1.807, 2.05) is 12.1 Å². The number of thiazole rings is 1. The highest BCUT2D eigenvalue weighted by Gasteiger charge is 2.32. The first-order valence-electron chi connectivity index (χ1n) is 9.75. The Balaban J connectivity index is 1.25. The van der Waals surface area contributed by atoms with Crippen molar-refractivity contribution in [3.05, 3.63) is 71.5 Å². The topological polar surface area (TPSA) is 79.4 Å². The fourth-order valence-corrected chi connectivity index (χ4v) is 4.72. The minimum atomic E-state index is -0.359. The van der Waals surface area contributed by atoms with Gasteiger partial charge in [-0.1, -0.05) is 35.6 Å². The number of nitrogens with one attached hydrogen (secondary N) is 1. The maximum atomic E-state index is 13.3. The molecule has 5 rings (SSSR count). The third kappa shape index (κ3) is 3.44. The number of imide groups is 1. The van der Waals surface area contributed by atoms with Gasteiger partial charge in [0.15, 0.2) is 5.13 Å². The second-order valence-corrected chi connectivity index (χ2v) is 8.28. The number of carbonyl (C=O) groups excluding carboxylic acids is 3. The van der Waals surface area contributed by atoms with Gasteiger partial charge in [-0.3, -0.25) is 19.3 Å². The molecule has 0 bridgehead atoms. The summed E-state index contributed by atoms with van der Waals surface area (Å²) < 4.78 is 14.0. The summed E-state index contributed by atoms with van der Waals surface area (Å²) in [5.74, 6) is -1.33. The molecule has 154 valence electrons. The van der Waals surface area contributed by atoms with Crippen LogP contribution in [0.25, 0.3) is 21.0 Å². The Kier molecular flexibility index (Phi) is 4.71. The Bertz CT molecular complexity index is 1330. The number of rotatable bonds is 5. The summed E-state index contributed by atoms with van der Waals surface area (Å²) in [7, 11) is 0. The van der Waals surface area contributed by atoms with E-state index in [0.717, 1.165) is 5.39 Å². The summed E-state index contributed by atoms with van der Waals surface area (Å²) in [6.07, 6.45) is 0.439. The molecule has 4 aromatic rings. The lowest BCUT2D eigenvalue weighted by molar-refractivity contribution is -0.116. The number of halogens is 1. The smallest absolute Gasteiger partial charge is 0.261 e. The molecule has 0 aliphatic carbocycles. The molecule has 1 aliphatic heterocycles. The van der Waals surface area contributed by atoms with Gasteiger partial charge in [0.05, 0.1) is 10.2 Å². The van der Waals surface area contributed by atoms with Crippen LogP contribution in [-0.2, 0) is 4.79 Å². The second kappa shape index (κ2) is 7.55. The van der Waals surface area contributed by atoms with E-state index < -0.39 is 0 Å². The molecule has 0 fully saturated rings. The molecule has 1 N–H and O–H groups in total. The summed E-state index contributed by atoms with van der Waals surface area (Å²) in [5.41, 5.74) is 1.61. The molecule has 0 spiro atoms. The van der Waals surface area contributed by atoms with Crippen LogP contribution < -0.4 is 5.32 Å². The number of aromatic nitrogens is 1. The number of amides is 3. The Hall–Kier alpha value is -3.65. The number of anilines is 1. The normalized spacial score (nSPS) is 13.3. The van der Waals surface area contributed by atoms with Crippen LogP contribution in [0.1, 0.15) is 33.6 Å². The van der Waals surface area contributed by atoms with E-state index in [1.54, 1.807) is 30.3 Å². The molecule has 31 heavy (non-hydrogen) atoms. The number of carbonyl (C=O) groups is 3. The number of hydrogen-bond acceptors (Lipinski definition) is 5. The van der Waals surface area contributed by atoms with Crippen molar-refractivity contribution in [3.63, 3.8) is 0 Å². The maximum absolute atomic E-state index is 13.3. The molecule has 3 amide bonds. The average molecular weight is 433 g/mol. The van der Waals surface area contributed by atoms with Crippen LogP contribution in [0.2, 0.25) is 0 Å². The molecule has 3 aromatic carbocycles. The van der Waals surface area contributed by atoms with Gasteiger partial charge in [0.2, 0.25) is 5.91 Å². The summed E-state index contributed by atoms with van der Waals surface area (Å²) in [5, 5.41) is 4.62. The van der Waals surface area contributed by atoms with E-state index in [0.29, 0.717) is 38.3 Å². The van der Waals surface area contributed by atoms with Crippen LogP contribution >= 0.6 is 11.3 Å². The van der Waals surface area contributed by atoms with E-state index in [-0.39, 0.29) is 36.5 Å². The SMILES string of the molecule is O=C(CCCN1C(=O)c2cccc3cccc(c23)C1=O)Nc1nc2ccc(F)cc2s1. The van der Waals surface area contributed by atoms with Gasteiger partial charge in [-0.05, 0) is 42.1 Å². The summed E-state index contributed by atoms with van der Waals surface area (Å²) in [4.78, 5) is 43.5. The molecule has 0 unspecified atom stereocenters. The zero-order valence-corrected chi connectivity index (χ0v) is 17.0. The van der Waals surface area contributed by atoms with E-state index in [4.69, 9.17) is 0 Å². The van der Waals surface area contributed by atoms with Crippen LogP contribution in [0.4, 0.5) is 9.52 Å². The summed E-state index contributed by atoms with van der Waals surface area (Å²) >= 11 is 1.19. The van der Waals surface area contributed by atoms with E-state index >= 15 is 0 Å². The molecule has 0 saturated carbocycles. The highest BCUT2D eigenvalue weighted by atomic mass is 32.1. The molecule has 1 aromatic heterocycles. The first-order chi connectivity index (χ1) is 15.0. The highest BCUT2D eigenvalue weighted by Crippen LogP contribution is 2.30. The van der Waals surface area contributed by atoms with Crippen molar-refractivity contribution in [2.45, 2.75) is 12.8 Å². The Morgan fingerprint density at radius 2 is 1.74 bits per heavy atom. The molecule has 0 saturated heterocycles. The van der Waals surface area contributed by atoms with Crippen LogP contribution in [0.3, 0.4) is 0 Å². The lowest BCUT2D eigenvalue weighted by Crippen LogP contribution is -2.41. The zero-order chi connectivity index (χ0) is 21.5. The van der Waals surface area contributed by atoms with Gasteiger partial charge in [0.25, 0.3) is 11.8 Å². The van der Waals surface area contributed by atoms with Crippen molar-refractivity contribution in [2.24, 2.45) is 0 Å². The number of hydrogen-bond donors (Lipinski definition) is 1. The minimum Gasteiger partial charge on any atom is -0.302 e. The fourth-order valence-electron chi connectivity index (χ4n) is 3.81. The minimum absolute atomic E-state index is 0.118. The monoisotopic (exact) mass is 433 g/mol. The Labute approximate surface area is 180 Å². The van der Waals surface area contributed by atoms with Crippen LogP contribution in [0.15, 0.2) is 54.6 Å². The van der Waals surface area contributed by atoms with Crippen molar-refractivity contribution in [2.75, 3.05) is 11.9 Å². The van der Waals surface area contributed by atoms with Crippen LogP contribution in [0.5, 0.6) is 0 Å². The van der Waals surface area contributed by atoms with Gasteiger partial charge >= 0.3 is 0 Å². The predicted octanol–water partition coefficient (Wildman–Crippen LogP) is 4.60. The lowest BCUT2D eigenvalue weighted by atomic mass is 9.94. The van der Waals surface area contributed by atoms with Gasteiger partial charge in [0, 0.05) is 29.5 Å². The molecular formula is C23H16FN3O3S. The van der Waals surface area contributed by atoms with Crippen molar-refractivity contribution in [3.8, 4) is 0 Å². The molecule has 0 atom stereocenters. The molecule has 6 nitrogen and oxygen atoms in total. The van der Waals surface area contributed by atoms with E-state index in [2.05, 4.69) is 10.3 Å². The molecule has 0 radical (unpaired) electrons. The number of benzene rings is 3. The second-order valence-electron chi connectivity index (χ2n) is 7.25. The first-order valence-corrected chi connectivity index (χ1v) is 10.6. The van der Waals surface area contributed by atoms with Crippen LogP contribution in [0, 0.1) is 5.82 Å². The molecular weight excluding hydrogens is 417 g/mol. The quantitative estimate of drug-likeness (QED) is 0.467. The molecule has 1 aliphatic rings. The molecule has 2 heterocycles. The van der Waals surface area contributed by atoms with Crippen molar-refractivity contribution in [1.29, 1.82) is 0 Å². The van der Waals surface area contributed by atoms with E-state index in [1.165, 1.54) is 28.4 Å². The third-order valence-corrected chi connectivity index (χ3v) is 6.17. The summed E-state index contributed by atoms with van der Waals surface area (Å²) in [6, 6.07) is 15.0. The van der Waals surface area contributed by atoms with Crippen molar-refractivity contribution < 1.29 is 18.8 Å². The largest absolute Gasteiger partial charge is 0.302 e. The van der Waals surface area contributed by atoms with Gasteiger partial charge in [-0.15, -0.1) is 0 Å². The van der Waals surface area contributed by atoms with Crippen molar-refractivity contribution >= 4 is 55.2 Å². The summed E-state index contributed by atoms with van der Waals surface area (Å²) in [6.45, 7) is 0.140. The Morgan fingerprint density at radius 3 is 2.45 bits per heavy atom. The zero-order valence-electron chi connectivity index (χ0n) is 16.2. The highest BCUT2D eigenvalue weighted by molar-refractivity contribution is 7.22. The van der Waals surface area contributed by atoms with Gasteiger partial charge < -0.3 is 5.32 Å². The lowest BCUT2D eigenvalue weighted by Gasteiger charge is -2.27. The van der Waals surface area contributed by atoms with Crippen LogP contribution in [-0.4, -0.2) is 34.2 Å². The van der Waals surface area contributed by atoms with E-state index in [9.17, 15) is 18.8 Å². The Morgan fingerprint density at radius 1 is 1.03 bits per heavy atom. The first kappa shape index (κ1) is 19.3. The van der Waals surface area contributed by atoms with Gasteiger partial charge in [-0.25, -0.2) is 9.37 Å². The predicted molar refractivity (Wildman–Crippen MR) is 117 cm³/mol. The maximum Gasteiger partial charge on any atom is 0.261 e. The van der Waals surface area contributed by atoms with Gasteiger partial charge in [-0.2, -0.15) is 0 Å². The molecule has 8 heteroatoms. The van der Waals surface area contributed by atoms with Crippen molar-refractivity contribution in [1.82, 2.24) is 9.88 Å². The number of nitrogens with zero attached hydrogens (tertiary/aromatic N) is 2. The van der Waals surface area contributed by atoms with Gasteiger partial charge in [0.1, 0.15) is 5.82 Å². The number of fused-ring (bicyclic) bond motifs is 1. The third-order valence-electron chi connectivity index (χ3n) is 5.24. The standard InChI is InChI=1S/C23H16FN3O3S/c24-14-9-10-17-18(12-14)31-23(25-17)26-19(28)8-3-11-27-21(29)15-6-1-4-13-5-2-7-16(20(13)15)22(27)30/h1-2,4-7,9-10,12H,3,8,11H2,(H,25,26,28). The average Bonchev–Trinajstić information content (AvgIpc) is 3.15. The fraction of sp³-hybridized carbons (Fsp3) is 0.130.